The molecule has 0 bridgehead atoms. The Labute approximate surface area is 145 Å². The molecule has 0 aromatic heterocycles. The summed E-state index contributed by atoms with van der Waals surface area (Å²) in [7, 11) is 1.75. The highest BCUT2D eigenvalue weighted by Crippen LogP contribution is 2.65. The molecule has 0 spiro atoms. The molecular weight excluding hydrogens is 298 g/mol. The zero-order valence-electron chi connectivity index (χ0n) is 15.2. The van der Waals surface area contributed by atoms with Crippen molar-refractivity contribution in [2.24, 2.45) is 28.9 Å². The summed E-state index contributed by atoms with van der Waals surface area (Å²) in [6.45, 7) is 5.12. The quantitative estimate of drug-likeness (QED) is 0.873. The van der Waals surface area contributed by atoms with Crippen molar-refractivity contribution in [3.8, 4) is 5.75 Å². The van der Waals surface area contributed by atoms with Gasteiger partial charge in [-0.2, -0.15) is 0 Å². The molecule has 3 nitrogen and oxygen atoms in total. The number of rotatable bonds is 2. The molecule has 1 aromatic carbocycles. The van der Waals surface area contributed by atoms with E-state index in [-0.39, 0.29) is 5.41 Å². The van der Waals surface area contributed by atoms with E-state index >= 15 is 0 Å². The maximum atomic E-state index is 11.2. The van der Waals surface area contributed by atoms with Gasteiger partial charge >= 0.3 is 0 Å². The summed E-state index contributed by atoms with van der Waals surface area (Å²) in [6, 6.07) is 6.65. The molecule has 2 fully saturated rings. The molecule has 3 aliphatic rings. The minimum Gasteiger partial charge on any atom is -0.497 e. The van der Waals surface area contributed by atoms with Crippen LogP contribution in [0.2, 0.25) is 0 Å². The maximum absolute atomic E-state index is 11.2. The highest BCUT2D eigenvalue weighted by molar-refractivity contribution is 5.41. The molecule has 1 aromatic rings. The lowest BCUT2D eigenvalue weighted by molar-refractivity contribution is -0.102. The van der Waals surface area contributed by atoms with E-state index in [1.54, 1.807) is 7.11 Å². The van der Waals surface area contributed by atoms with Crippen molar-refractivity contribution in [1.82, 2.24) is 0 Å². The summed E-state index contributed by atoms with van der Waals surface area (Å²) in [5.41, 5.74) is 8.33. The fraction of sp³-hybridized carbons (Fsp3) is 0.714. The highest BCUT2D eigenvalue weighted by Gasteiger charge is 2.61. The predicted molar refractivity (Wildman–Crippen MR) is 96.2 cm³/mol. The van der Waals surface area contributed by atoms with Crippen molar-refractivity contribution in [2.75, 3.05) is 13.7 Å². The second kappa shape index (κ2) is 5.47. The molecule has 0 saturated heterocycles. The Kier molecular flexibility index (Phi) is 3.74. The van der Waals surface area contributed by atoms with Gasteiger partial charge in [0, 0.05) is 12.0 Å². The van der Waals surface area contributed by atoms with Crippen LogP contribution in [0.15, 0.2) is 18.2 Å². The van der Waals surface area contributed by atoms with Crippen LogP contribution in [0, 0.1) is 23.2 Å². The third-order valence-corrected chi connectivity index (χ3v) is 7.94. The van der Waals surface area contributed by atoms with Crippen LogP contribution in [-0.2, 0) is 6.42 Å². The number of methoxy groups -OCH3 is 1. The van der Waals surface area contributed by atoms with E-state index in [1.165, 1.54) is 17.5 Å². The molecule has 2 saturated carbocycles. The number of hydrogen-bond acceptors (Lipinski definition) is 3. The minimum absolute atomic E-state index is 0.0127. The van der Waals surface area contributed by atoms with Crippen LogP contribution in [0.25, 0.3) is 0 Å². The van der Waals surface area contributed by atoms with Crippen molar-refractivity contribution >= 4 is 0 Å². The highest BCUT2D eigenvalue weighted by atomic mass is 16.5. The molecule has 0 heterocycles. The SMILES string of the molecule is COc1ccc2c(c1)C[C@@H](C)[C@@H]1[C@@H]2CC[C@@]2(C)[C@H]1CCC2(O)CN. The molecule has 6 atom stereocenters. The van der Waals surface area contributed by atoms with E-state index in [0.29, 0.717) is 30.2 Å². The van der Waals surface area contributed by atoms with E-state index in [0.717, 1.165) is 31.4 Å². The zero-order chi connectivity index (χ0) is 17.1. The zero-order valence-corrected chi connectivity index (χ0v) is 15.2. The third kappa shape index (κ3) is 2.04. The van der Waals surface area contributed by atoms with Crippen molar-refractivity contribution in [3.05, 3.63) is 29.3 Å². The molecule has 3 N–H and O–H groups in total. The van der Waals surface area contributed by atoms with Gasteiger partial charge in [0.1, 0.15) is 5.75 Å². The van der Waals surface area contributed by atoms with Crippen LogP contribution < -0.4 is 10.5 Å². The van der Waals surface area contributed by atoms with E-state index < -0.39 is 5.60 Å². The van der Waals surface area contributed by atoms with Gasteiger partial charge in [0.15, 0.2) is 0 Å². The summed E-state index contributed by atoms with van der Waals surface area (Å²) in [6.07, 6.45) is 5.38. The normalized spacial score (nSPS) is 43.7. The van der Waals surface area contributed by atoms with Gasteiger partial charge in [-0.15, -0.1) is 0 Å². The Balaban J connectivity index is 1.73. The molecule has 0 aliphatic heterocycles. The van der Waals surface area contributed by atoms with Crippen LogP contribution in [0.4, 0.5) is 0 Å². The number of nitrogens with two attached hydrogens (primary N) is 1. The van der Waals surface area contributed by atoms with Crippen LogP contribution in [-0.4, -0.2) is 24.4 Å². The number of hydrogen-bond donors (Lipinski definition) is 2. The Bertz CT molecular complexity index is 645. The van der Waals surface area contributed by atoms with E-state index in [4.69, 9.17) is 10.5 Å². The Hall–Kier alpha value is -1.06. The summed E-state index contributed by atoms with van der Waals surface area (Å²) >= 11 is 0. The first kappa shape index (κ1) is 16.4. The fourth-order valence-corrected chi connectivity index (χ4v) is 6.53. The number of ether oxygens (including phenoxy) is 1. The lowest BCUT2D eigenvalue weighted by Gasteiger charge is -2.55. The van der Waals surface area contributed by atoms with Gasteiger partial charge in [-0.05, 0) is 79.0 Å². The molecule has 24 heavy (non-hydrogen) atoms. The molecule has 132 valence electrons. The minimum atomic E-state index is -0.664. The second-order valence-corrected chi connectivity index (χ2v) is 8.77. The molecule has 3 aliphatic carbocycles. The molecule has 3 heteroatoms. The number of aliphatic hydroxyl groups is 1. The first-order valence-electron chi connectivity index (χ1n) is 9.53. The van der Waals surface area contributed by atoms with Gasteiger partial charge < -0.3 is 15.6 Å². The van der Waals surface area contributed by atoms with Gasteiger partial charge in [0.2, 0.25) is 0 Å². The van der Waals surface area contributed by atoms with Gasteiger partial charge in [0.05, 0.1) is 12.7 Å². The Morgan fingerprint density at radius 1 is 1.29 bits per heavy atom. The standard InChI is InChI=1S/C21H31NO2/c1-13-10-14-11-15(24-3)4-5-16(14)17-6-8-20(2)18(19(13)17)7-9-21(20,23)12-22/h4-5,11,13,17-19,23H,6-10,12,22H2,1-3H3/t13-,17-,18+,19-,20+,21?/m1/s1. The fourth-order valence-electron chi connectivity index (χ4n) is 6.53. The van der Waals surface area contributed by atoms with Crippen molar-refractivity contribution < 1.29 is 9.84 Å². The molecule has 1 unspecified atom stereocenters. The summed E-state index contributed by atoms with van der Waals surface area (Å²) < 4.78 is 5.43. The monoisotopic (exact) mass is 329 g/mol. The van der Waals surface area contributed by atoms with Crippen LogP contribution >= 0.6 is 0 Å². The summed E-state index contributed by atoms with van der Waals surface area (Å²) in [5, 5.41) is 11.2. The Morgan fingerprint density at radius 2 is 2.08 bits per heavy atom. The largest absolute Gasteiger partial charge is 0.497 e. The second-order valence-electron chi connectivity index (χ2n) is 8.77. The molecule has 0 amide bonds. The van der Waals surface area contributed by atoms with E-state index in [2.05, 4.69) is 32.0 Å². The van der Waals surface area contributed by atoms with Crippen LogP contribution in [0.3, 0.4) is 0 Å². The first-order chi connectivity index (χ1) is 11.4. The van der Waals surface area contributed by atoms with Crippen LogP contribution in [0.5, 0.6) is 5.75 Å². The van der Waals surface area contributed by atoms with Gasteiger partial charge in [0.25, 0.3) is 0 Å². The van der Waals surface area contributed by atoms with Crippen molar-refractivity contribution in [1.29, 1.82) is 0 Å². The molecular formula is C21H31NO2. The van der Waals surface area contributed by atoms with Gasteiger partial charge in [-0.25, -0.2) is 0 Å². The lowest BCUT2D eigenvalue weighted by Crippen LogP contribution is -2.55. The molecule has 4 rings (SSSR count). The Morgan fingerprint density at radius 3 is 2.79 bits per heavy atom. The van der Waals surface area contributed by atoms with Gasteiger partial charge in [-0.3, -0.25) is 0 Å². The average Bonchev–Trinajstić information content (AvgIpc) is 2.86. The van der Waals surface area contributed by atoms with Crippen molar-refractivity contribution in [3.63, 3.8) is 0 Å². The number of benzene rings is 1. The third-order valence-electron chi connectivity index (χ3n) is 7.94. The first-order valence-corrected chi connectivity index (χ1v) is 9.53. The smallest absolute Gasteiger partial charge is 0.119 e. The maximum Gasteiger partial charge on any atom is 0.119 e. The van der Waals surface area contributed by atoms with E-state index in [9.17, 15) is 5.11 Å². The average molecular weight is 329 g/mol. The van der Waals surface area contributed by atoms with E-state index in [1.807, 2.05) is 0 Å². The lowest BCUT2D eigenvalue weighted by atomic mass is 9.51. The number of fused-ring (bicyclic) bond motifs is 5. The topological polar surface area (TPSA) is 55.5 Å². The summed E-state index contributed by atoms with van der Waals surface area (Å²) in [5.74, 6) is 3.52. The van der Waals surface area contributed by atoms with Gasteiger partial charge in [-0.1, -0.05) is 19.9 Å². The van der Waals surface area contributed by atoms with Crippen LogP contribution in [0.1, 0.15) is 56.6 Å². The molecule has 0 radical (unpaired) electrons. The summed E-state index contributed by atoms with van der Waals surface area (Å²) in [4.78, 5) is 0. The van der Waals surface area contributed by atoms with Crippen molar-refractivity contribution in [2.45, 2.75) is 57.5 Å². The predicted octanol–water partition coefficient (Wildman–Crippen LogP) is 3.49.